The SMILES string of the molecule is CCC1(CC)CCN(CC(NC)c2ccccc2)CC1. The molecule has 0 spiro atoms. The second-order valence-electron chi connectivity index (χ2n) is 6.26. The van der Waals surface area contributed by atoms with Crippen LogP contribution in [0, 0.1) is 5.41 Å². The largest absolute Gasteiger partial charge is 0.312 e. The van der Waals surface area contributed by atoms with E-state index in [0.29, 0.717) is 11.5 Å². The number of likely N-dealkylation sites (tertiary alicyclic amines) is 1. The summed E-state index contributed by atoms with van der Waals surface area (Å²) in [5, 5.41) is 3.47. The first kappa shape index (κ1) is 15.5. The van der Waals surface area contributed by atoms with Crippen LogP contribution in [-0.2, 0) is 0 Å². The van der Waals surface area contributed by atoms with Crippen molar-refractivity contribution in [2.45, 2.75) is 45.6 Å². The third kappa shape index (κ3) is 3.62. The Morgan fingerprint density at radius 3 is 2.20 bits per heavy atom. The van der Waals surface area contributed by atoms with Gasteiger partial charge >= 0.3 is 0 Å². The highest BCUT2D eigenvalue weighted by atomic mass is 15.2. The summed E-state index contributed by atoms with van der Waals surface area (Å²) < 4.78 is 0. The van der Waals surface area contributed by atoms with Gasteiger partial charge in [0.15, 0.2) is 0 Å². The molecule has 1 aliphatic heterocycles. The number of benzene rings is 1. The van der Waals surface area contributed by atoms with E-state index in [-0.39, 0.29) is 0 Å². The average molecular weight is 274 g/mol. The van der Waals surface area contributed by atoms with Gasteiger partial charge in [-0.3, -0.25) is 0 Å². The van der Waals surface area contributed by atoms with Crippen molar-refractivity contribution in [3.8, 4) is 0 Å². The third-order valence-corrected chi connectivity index (χ3v) is 5.41. The highest BCUT2D eigenvalue weighted by Crippen LogP contribution is 2.38. The molecule has 0 radical (unpaired) electrons. The van der Waals surface area contributed by atoms with E-state index in [4.69, 9.17) is 0 Å². The second-order valence-corrected chi connectivity index (χ2v) is 6.26. The van der Waals surface area contributed by atoms with E-state index in [1.807, 2.05) is 0 Å². The first-order chi connectivity index (χ1) is 9.73. The van der Waals surface area contributed by atoms with Crippen LogP contribution in [0.5, 0.6) is 0 Å². The molecule has 1 saturated heterocycles. The topological polar surface area (TPSA) is 15.3 Å². The van der Waals surface area contributed by atoms with Crippen molar-refractivity contribution in [2.75, 3.05) is 26.7 Å². The summed E-state index contributed by atoms with van der Waals surface area (Å²) in [6.45, 7) is 8.36. The van der Waals surface area contributed by atoms with Gasteiger partial charge in [-0.15, -0.1) is 0 Å². The molecule has 1 fully saturated rings. The van der Waals surface area contributed by atoms with Gasteiger partial charge in [0, 0.05) is 12.6 Å². The number of rotatable bonds is 6. The van der Waals surface area contributed by atoms with Gasteiger partial charge in [0.05, 0.1) is 0 Å². The van der Waals surface area contributed by atoms with Crippen molar-refractivity contribution < 1.29 is 0 Å². The summed E-state index contributed by atoms with van der Waals surface area (Å²) in [5.74, 6) is 0. The van der Waals surface area contributed by atoms with Crippen molar-refractivity contribution in [2.24, 2.45) is 5.41 Å². The molecule has 2 heteroatoms. The molecular formula is C18H30N2. The van der Waals surface area contributed by atoms with E-state index in [1.165, 1.54) is 44.3 Å². The van der Waals surface area contributed by atoms with Crippen LogP contribution in [0.1, 0.15) is 51.1 Å². The molecule has 20 heavy (non-hydrogen) atoms. The second kappa shape index (κ2) is 7.24. The Morgan fingerprint density at radius 2 is 1.70 bits per heavy atom. The molecule has 0 bridgehead atoms. The summed E-state index contributed by atoms with van der Waals surface area (Å²) >= 11 is 0. The van der Waals surface area contributed by atoms with Crippen LogP contribution in [0.2, 0.25) is 0 Å². The fourth-order valence-electron chi connectivity index (χ4n) is 3.47. The van der Waals surface area contributed by atoms with Crippen LogP contribution in [-0.4, -0.2) is 31.6 Å². The van der Waals surface area contributed by atoms with Crippen LogP contribution in [0.3, 0.4) is 0 Å². The standard InChI is InChI=1S/C18H30N2/c1-4-18(5-2)11-13-20(14-12-18)15-17(19-3)16-9-7-6-8-10-16/h6-10,17,19H,4-5,11-15H2,1-3H3. The van der Waals surface area contributed by atoms with Crippen LogP contribution < -0.4 is 5.32 Å². The zero-order valence-corrected chi connectivity index (χ0v) is 13.4. The zero-order valence-electron chi connectivity index (χ0n) is 13.4. The first-order valence-corrected chi connectivity index (χ1v) is 8.17. The van der Waals surface area contributed by atoms with Gasteiger partial charge in [0.25, 0.3) is 0 Å². The summed E-state index contributed by atoms with van der Waals surface area (Å²) in [5.41, 5.74) is 2.02. The predicted octanol–water partition coefficient (Wildman–Crippen LogP) is 3.85. The van der Waals surface area contributed by atoms with E-state index < -0.39 is 0 Å². The van der Waals surface area contributed by atoms with Crippen molar-refractivity contribution in [3.63, 3.8) is 0 Å². The molecule has 1 aliphatic rings. The molecule has 1 atom stereocenters. The maximum Gasteiger partial charge on any atom is 0.0446 e. The maximum absolute atomic E-state index is 3.47. The van der Waals surface area contributed by atoms with E-state index in [1.54, 1.807) is 0 Å². The molecule has 1 unspecified atom stereocenters. The number of piperidine rings is 1. The Hall–Kier alpha value is -0.860. The van der Waals surface area contributed by atoms with Crippen molar-refractivity contribution in [1.29, 1.82) is 0 Å². The molecule has 2 rings (SSSR count). The quantitative estimate of drug-likeness (QED) is 0.847. The average Bonchev–Trinajstić information content (AvgIpc) is 2.54. The Morgan fingerprint density at radius 1 is 1.10 bits per heavy atom. The number of nitrogens with zero attached hydrogens (tertiary/aromatic N) is 1. The van der Waals surface area contributed by atoms with Gasteiger partial charge < -0.3 is 10.2 Å². The van der Waals surface area contributed by atoms with Crippen LogP contribution in [0.4, 0.5) is 0 Å². The minimum absolute atomic E-state index is 0.451. The lowest BCUT2D eigenvalue weighted by Gasteiger charge is -2.42. The van der Waals surface area contributed by atoms with Gasteiger partial charge in [-0.05, 0) is 44.0 Å². The number of nitrogens with one attached hydrogen (secondary N) is 1. The van der Waals surface area contributed by atoms with Gasteiger partial charge in [0.1, 0.15) is 0 Å². The fourth-order valence-corrected chi connectivity index (χ4v) is 3.47. The molecule has 1 heterocycles. The van der Waals surface area contributed by atoms with Crippen molar-refractivity contribution in [3.05, 3.63) is 35.9 Å². The highest BCUT2D eigenvalue weighted by Gasteiger charge is 2.31. The molecule has 0 amide bonds. The van der Waals surface area contributed by atoms with E-state index in [0.717, 1.165) is 6.54 Å². The molecule has 1 N–H and O–H groups in total. The zero-order chi connectivity index (χ0) is 14.4. The molecule has 1 aromatic carbocycles. The number of hydrogen-bond acceptors (Lipinski definition) is 2. The Balaban J connectivity index is 1.91. The summed E-state index contributed by atoms with van der Waals surface area (Å²) in [6.07, 6.45) is 5.41. The van der Waals surface area contributed by atoms with Crippen LogP contribution >= 0.6 is 0 Å². The smallest absolute Gasteiger partial charge is 0.0446 e. The Bertz CT molecular complexity index is 374. The first-order valence-electron chi connectivity index (χ1n) is 8.17. The molecule has 2 nitrogen and oxygen atoms in total. The summed E-state index contributed by atoms with van der Waals surface area (Å²) in [7, 11) is 2.07. The maximum atomic E-state index is 3.47. The Kier molecular flexibility index (Phi) is 5.62. The van der Waals surface area contributed by atoms with Crippen molar-refractivity contribution in [1.82, 2.24) is 10.2 Å². The third-order valence-electron chi connectivity index (χ3n) is 5.41. The van der Waals surface area contributed by atoms with Gasteiger partial charge in [0.2, 0.25) is 0 Å². The van der Waals surface area contributed by atoms with Crippen LogP contribution in [0.15, 0.2) is 30.3 Å². The molecule has 0 aliphatic carbocycles. The molecule has 0 aromatic heterocycles. The summed E-state index contributed by atoms with van der Waals surface area (Å²) in [4.78, 5) is 2.64. The molecule has 1 aromatic rings. The lowest BCUT2D eigenvalue weighted by Crippen LogP contribution is -2.43. The van der Waals surface area contributed by atoms with Crippen molar-refractivity contribution >= 4 is 0 Å². The summed E-state index contributed by atoms with van der Waals surface area (Å²) in [6, 6.07) is 11.3. The van der Waals surface area contributed by atoms with E-state index >= 15 is 0 Å². The number of hydrogen-bond donors (Lipinski definition) is 1. The molecular weight excluding hydrogens is 244 g/mol. The highest BCUT2D eigenvalue weighted by molar-refractivity contribution is 5.19. The van der Waals surface area contributed by atoms with E-state index in [9.17, 15) is 0 Å². The molecule has 0 saturated carbocycles. The van der Waals surface area contributed by atoms with Crippen LogP contribution in [0.25, 0.3) is 0 Å². The van der Waals surface area contributed by atoms with E-state index in [2.05, 4.69) is 61.4 Å². The number of likely N-dealkylation sites (N-methyl/N-ethyl adjacent to an activating group) is 1. The van der Waals surface area contributed by atoms with Gasteiger partial charge in [-0.1, -0.05) is 57.0 Å². The minimum Gasteiger partial charge on any atom is -0.312 e. The predicted molar refractivity (Wildman–Crippen MR) is 86.9 cm³/mol. The van der Waals surface area contributed by atoms with Gasteiger partial charge in [-0.25, -0.2) is 0 Å². The molecule has 112 valence electrons. The Labute approximate surface area is 124 Å². The lowest BCUT2D eigenvalue weighted by molar-refractivity contribution is 0.0891. The lowest BCUT2D eigenvalue weighted by atomic mass is 9.74. The normalized spacial score (nSPS) is 20.8. The van der Waals surface area contributed by atoms with Gasteiger partial charge in [-0.2, -0.15) is 0 Å². The minimum atomic E-state index is 0.451. The monoisotopic (exact) mass is 274 g/mol. The fraction of sp³-hybridized carbons (Fsp3) is 0.667.